The molecule has 0 nitrogen and oxygen atoms in total. The molecule has 1 atom stereocenters. The first kappa shape index (κ1) is 14.3. The van der Waals surface area contributed by atoms with Crippen molar-refractivity contribution < 1.29 is 0 Å². The Bertz CT molecular complexity index is 163. The highest BCUT2D eigenvalue weighted by molar-refractivity contribution is 7.80. The third-order valence-corrected chi connectivity index (χ3v) is 3.86. The Hall–Kier alpha value is 0.350. The first-order chi connectivity index (χ1) is 6.10. The molecule has 0 spiro atoms. The highest BCUT2D eigenvalue weighted by atomic mass is 32.1. The molecule has 14 heavy (non-hydrogen) atoms. The molecule has 1 unspecified atom stereocenters. The molecule has 0 aromatic rings. The lowest BCUT2D eigenvalue weighted by molar-refractivity contribution is 0.123. The predicted octanol–water partition coefficient (Wildman–Crippen LogP) is 4.65. The third kappa shape index (κ3) is 4.72. The van der Waals surface area contributed by atoms with E-state index >= 15 is 0 Å². The Labute approximate surface area is 96.3 Å². The van der Waals surface area contributed by atoms with Gasteiger partial charge in [0, 0.05) is 0 Å². The monoisotopic (exact) mass is 216 g/mol. The van der Waals surface area contributed by atoms with Gasteiger partial charge in [-0.1, -0.05) is 48.5 Å². The van der Waals surface area contributed by atoms with Crippen LogP contribution in [0.4, 0.5) is 0 Å². The molecule has 0 aliphatic rings. The summed E-state index contributed by atoms with van der Waals surface area (Å²) in [4.78, 5) is 0. The lowest BCUT2D eigenvalue weighted by Crippen LogP contribution is -2.33. The minimum atomic E-state index is 0.352. The molecule has 0 radical (unpaired) electrons. The Kier molecular flexibility index (Phi) is 5.04. The molecule has 86 valence electrons. The van der Waals surface area contributed by atoms with Crippen molar-refractivity contribution in [3.05, 3.63) is 0 Å². The molecule has 0 saturated carbocycles. The average Bonchev–Trinajstić information content (AvgIpc) is 1.98. The van der Waals surface area contributed by atoms with Gasteiger partial charge in [-0.05, 0) is 34.8 Å². The van der Waals surface area contributed by atoms with Crippen molar-refractivity contribution in [3.63, 3.8) is 0 Å². The van der Waals surface area contributed by atoms with E-state index < -0.39 is 0 Å². The van der Waals surface area contributed by atoms with Crippen molar-refractivity contribution in [2.24, 2.45) is 22.7 Å². The van der Waals surface area contributed by atoms with E-state index in [1.54, 1.807) is 0 Å². The Balaban J connectivity index is 4.62. The second-order valence-corrected chi connectivity index (χ2v) is 7.08. The third-order valence-electron chi connectivity index (χ3n) is 3.05. The standard InChI is InChI=1S/C13H28S/c1-10(2)11(8-12(3,4)5)13(6,7)9-14/h10-11,14H,8-9H2,1-7H3. The maximum absolute atomic E-state index is 4.48. The minimum absolute atomic E-state index is 0.352. The van der Waals surface area contributed by atoms with Crippen LogP contribution in [0, 0.1) is 22.7 Å². The van der Waals surface area contributed by atoms with Crippen LogP contribution in [0.5, 0.6) is 0 Å². The second kappa shape index (κ2) is 4.92. The minimum Gasteiger partial charge on any atom is -0.179 e. The predicted molar refractivity (Wildman–Crippen MR) is 70.0 cm³/mol. The van der Waals surface area contributed by atoms with Crippen LogP contribution in [0.1, 0.15) is 54.9 Å². The van der Waals surface area contributed by atoms with Gasteiger partial charge in [0.05, 0.1) is 0 Å². The van der Waals surface area contributed by atoms with Gasteiger partial charge in [0.1, 0.15) is 0 Å². The molecule has 0 amide bonds. The summed E-state index contributed by atoms with van der Waals surface area (Å²) in [7, 11) is 0. The van der Waals surface area contributed by atoms with Crippen LogP contribution in [0.25, 0.3) is 0 Å². The molecule has 0 saturated heterocycles. The quantitative estimate of drug-likeness (QED) is 0.650. The Morgan fingerprint density at radius 2 is 1.43 bits per heavy atom. The average molecular weight is 216 g/mol. The van der Waals surface area contributed by atoms with E-state index in [2.05, 4.69) is 61.1 Å². The van der Waals surface area contributed by atoms with E-state index in [1.807, 2.05) is 0 Å². The van der Waals surface area contributed by atoms with Crippen LogP contribution in [-0.4, -0.2) is 5.75 Å². The normalized spacial score (nSPS) is 16.1. The molecule has 0 N–H and O–H groups in total. The molecular formula is C13H28S. The summed E-state index contributed by atoms with van der Waals surface area (Å²) in [6.07, 6.45) is 1.29. The zero-order valence-corrected chi connectivity index (χ0v) is 11.9. The van der Waals surface area contributed by atoms with Crippen LogP contribution in [0.2, 0.25) is 0 Å². The van der Waals surface area contributed by atoms with E-state index in [1.165, 1.54) is 6.42 Å². The molecule has 0 heterocycles. The number of thiol groups is 1. The Morgan fingerprint density at radius 3 is 1.64 bits per heavy atom. The van der Waals surface area contributed by atoms with Gasteiger partial charge in [-0.3, -0.25) is 0 Å². The Morgan fingerprint density at radius 1 is 1.00 bits per heavy atom. The second-order valence-electron chi connectivity index (χ2n) is 6.76. The SMILES string of the molecule is CC(C)C(CC(C)(C)C)C(C)(C)CS. The molecule has 0 aliphatic heterocycles. The largest absolute Gasteiger partial charge is 0.179 e. The first-order valence-corrected chi connectivity index (χ1v) is 6.34. The van der Waals surface area contributed by atoms with Crippen LogP contribution in [0.3, 0.4) is 0 Å². The molecule has 0 aromatic carbocycles. The van der Waals surface area contributed by atoms with Crippen molar-refractivity contribution in [1.29, 1.82) is 0 Å². The van der Waals surface area contributed by atoms with Gasteiger partial charge in [0.15, 0.2) is 0 Å². The van der Waals surface area contributed by atoms with Crippen molar-refractivity contribution in [2.45, 2.75) is 54.9 Å². The lowest BCUT2D eigenvalue weighted by Gasteiger charge is -2.40. The van der Waals surface area contributed by atoms with E-state index in [0.717, 1.165) is 17.6 Å². The number of rotatable bonds is 4. The zero-order valence-electron chi connectivity index (χ0n) is 11.0. The molecule has 0 aliphatic carbocycles. The van der Waals surface area contributed by atoms with Gasteiger partial charge in [-0.15, -0.1) is 0 Å². The van der Waals surface area contributed by atoms with Crippen LogP contribution < -0.4 is 0 Å². The maximum Gasteiger partial charge on any atom is -0.00437 e. The summed E-state index contributed by atoms with van der Waals surface area (Å²) in [5, 5.41) is 0. The first-order valence-electron chi connectivity index (χ1n) is 5.71. The molecule has 0 rings (SSSR count). The van der Waals surface area contributed by atoms with Gasteiger partial charge >= 0.3 is 0 Å². The fourth-order valence-corrected chi connectivity index (χ4v) is 2.43. The van der Waals surface area contributed by atoms with Gasteiger partial charge in [-0.25, -0.2) is 0 Å². The molecule has 0 bridgehead atoms. The molecule has 1 heteroatoms. The number of hydrogen-bond acceptors (Lipinski definition) is 1. The highest BCUT2D eigenvalue weighted by Crippen LogP contribution is 2.41. The van der Waals surface area contributed by atoms with Crippen LogP contribution >= 0.6 is 12.6 Å². The van der Waals surface area contributed by atoms with E-state index in [0.29, 0.717) is 10.8 Å². The molecule has 0 fully saturated rings. The van der Waals surface area contributed by atoms with E-state index in [4.69, 9.17) is 0 Å². The fraction of sp³-hybridized carbons (Fsp3) is 1.00. The van der Waals surface area contributed by atoms with Crippen molar-refractivity contribution in [1.82, 2.24) is 0 Å². The van der Waals surface area contributed by atoms with E-state index in [-0.39, 0.29) is 0 Å². The summed E-state index contributed by atoms with van der Waals surface area (Å²) >= 11 is 4.48. The highest BCUT2D eigenvalue weighted by Gasteiger charge is 2.33. The zero-order chi connectivity index (χ0) is 11.6. The number of hydrogen-bond donors (Lipinski definition) is 1. The van der Waals surface area contributed by atoms with Crippen LogP contribution in [0.15, 0.2) is 0 Å². The maximum atomic E-state index is 4.48. The van der Waals surface area contributed by atoms with Gasteiger partial charge in [-0.2, -0.15) is 12.6 Å². The smallest absolute Gasteiger partial charge is 0.00437 e. The van der Waals surface area contributed by atoms with Crippen molar-refractivity contribution in [2.75, 3.05) is 5.75 Å². The summed E-state index contributed by atoms with van der Waals surface area (Å²) < 4.78 is 0. The summed E-state index contributed by atoms with van der Waals surface area (Å²) in [6, 6.07) is 0. The summed E-state index contributed by atoms with van der Waals surface area (Å²) in [5.41, 5.74) is 0.777. The van der Waals surface area contributed by atoms with Crippen molar-refractivity contribution >= 4 is 12.6 Å². The van der Waals surface area contributed by atoms with Gasteiger partial charge in [0.2, 0.25) is 0 Å². The van der Waals surface area contributed by atoms with Crippen molar-refractivity contribution in [3.8, 4) is 0 Å². The fourth-order valence-electron chi connectivity index (χ4n) is 2.19. The van der Waals surface area contributed by atoms with Gasteiger partial charge < -0.3 is 0 Å². The van der Waals surface area contributed by atoms with Crippen LogP contribution in [-0.2, 0) is 0 Å². The molecule has 0 aromatic heterocycles. The van der Waals surface area contributed by atoms with Gasteiger partial charge in [0.25, 0.3) is 0 Å². The molecular weight excluding hydrogens is 188 g/mol. The topological polar surface area (TPSA) is 0 Å². The summed E-state index contributed by atoms with van der Waals surface area (Å²) in [6.45, 7) is 16.3. The van der Waals surface area contributed by atoms with E-state index in [9.17, 15) is 0 Å². The lowest BCUT2D eigenvalue weighted by atomic mass is 9.67. The summed E-state index contributed by atoms with van der Waals surface area (Å²) in [5.74, 6) is 2.49.